The first-order chi connectivity index (χ1) is 7.16. The average molecular weight is 205 g/mol. The number of nitrogens with one attached hydrogen (secondary N) is 1. The maximum atomic E-state index is 11.7. The quantitative estimate of drug-likeness (QED) is 0.804. The zero-order valence-electron chi connectivity index (χ0n) is 9.71. The average Bonchev–Trinajstić information content (AvgIpc) is 2.25. The zero-order chi connectivity index (χ0) is 11.3. The molecule has 1 N–H and O–H groups in total. The number of carbonyl (C=O) groups is 1. The summed E-state index contributed by atoms with van der Waals surface area (Å²) in [4.78, 5) is 11.7. The van der Waals surface area contributed by atoms with Gasteiger partial charge in [0.25, 0.3) is 0 Å². The molecule has 0 heterocycles. The molecule has 1 unspecified atom stereocenters. The van der Waals surface area contributed by atoms with Crippen LogP contribution >= 0.6 is 0 Å². The van der Waals surface area contributed by atoms with Crippen LogP contribution in [-0.4, -0.2) is 12.5 Å². The van der Waals surface area contributed by atoms with Gasteiger partial charge in [-0.2, -0.15) is 0 Å². The summed E-state index contributed by atoms with van der Waals surface area (Å²) in [5, 5.41) is 2.92. The molecule has 1 aromatic rings. The van der Waals surface area contributed by atoms with Crippen molar-refractivity contribution < 1.29 is 4.79 Å². The molecule has 1 atom stereocenters. The summed E-state index contributed by atoms with van der Waals surface area (Å²) < 4.78 is 0. The lowest BCUT2D eigenvalue weighted by molar-refractivity contribution is -0.122. The molecular formula is C13H19NO. The number of hydrogen-bond donors (Lipinski definition) is 1. The van der Waals surface area contributed by atoms with Crippen molar-refractivity contribution in [3.05, 3.63) is 35.4 Å². The minimum Gasteiger partial charge on any atom is -0.356 e. The third-order valence-corrected chi connectivity index (χ3v) is 2.60. The van der Waals surface area contributed by atoms with Crippen LogP contribution in [0.1, 0.15) is 37.3 Å². The Morgan fingerprint density at radius 3 is 2.67 bits per heavy atom. The maximum Gasteiger partial charge on any atom is 0.227 e. The van der Waals surface area contributed by atoms with E-state index in [2.05, 4.69) is 12.2 Å². The van der Waals surface area contributed by atoms with Crippen molar-refractivity contribution in [2.75, 3.05) is 6.54 Å². The van der Waals surface area contributed by atoms with Crippen molar-refractivity contribution in [3.63, 3.8) is 0 Å². The normalized spacial score (nSPS) is 12.2. The second-order valence-corrected chi connectivity index (χ2v) is 3.87. The highest BCUT2D eigenvalue weighted by atomic mass is 16.1. The highest BCUT2D eigenvalue weighted by Crippen LogP contribution is 2.18. The smallest absolute Gasteiger partial charge is 0.227 e. The standard InChI is InChI=1S/C13H19NO/c1-4-9-14-13(15)11(3)12-8-6-5-7-10(12)2/h5-8,11H,4,9H2,1-3H3,(H,14,15). The van der Waals surface area contributed by atoms with E-state index < -0.39 is 0 Å². The summed E-state index contributed by atoms with van der Waals surface area (Å²) in [6.45, 7) is 6.81. The van der Waals surface area contributed by atoms with E-state index in [4.69, 9.17) is 0 Å². The predicted octanol–water partition coefficient (Wildman–Crippen LogP) is 2.62. The van der Waals surface area contributed by atoms with E-state index in [1.165, 1.54) is 5.56 Å². The fraction of sp³-hybridized carbons (Fsp3) is 0.462. The molecule has 0 aliphatic rings. The van der Waals surface area contributed by atoms with Gasteiger partial charge in [0.2, 0.25) is 5.91 Å². The number of aryl methyl sites for hydroxylation is 1. The molecule has 0 aliphatic carbocycles. The predicted molar refractivity (Wildman–Crippen MR) is 62.9 cm³/mol. The van der Waals surface area contributed by atoms with Gasteiger partial charge in [-0.15, -0.1) is 0 Å². The molecule has 1 aromatic carbocycles. The van der Waals surface area contributed by atoms with Gasteiger partial charge in [0.05, 0.1) is 5.92 Å². The van der Waals surface area contributed by atoms with Crippen molar-refractivity contribution in [2.24, 2.45) is 0 Å². The molecule has 2 heteroatoms. The van der Waals surface area contributed by atoms with Crippen LogP contribution in [0.15, 0.2) is 24.3 Å². The van der Waals surface area contributed by atoms with E-state index in [9.17, 15) is 4.79 Å². The Morgan fingerprint density at radius 1 is 1.40 bits per heavy atom. The summed E-state index contributed by atoms with van der Waals surface area (Å²) in [6.07, 6.45) is 0.978. The van der Waals surface area contributed by atoms with Crippen LogP contribution in [0.4, 0.5) is 0 Å². The Balaban J connectivity index is 2.72. The van der Waals surface area contributed by atoms with Crippen molar-refractivity contribution in [1.82, 2.24) is 5.32 Å². The topological polar surface area (TPSA) is 29.1 Å². The largest absolute Gasteiger partial charge is 0.356 e. The Hall–Kier alpha value is -1.31. The third kappa shape index (κ3) is 3.08. The van der Waals surface area contributed by atoms with Gasteiger partial charge in [0.1, 0.15) is 0 Å². The lowest BCUT2D eigenvalue weighted by atomic mass is 9.96. The fourth-order valence-electron chi connectivity index (χ4n) is 1.62. The van der Waals surface area contributed by atoms with E-state index in [1.54, 1.807) is 0 Å². The Labute approximate surface area is 91.7 Å². The molecule has 15 heavy (non-hydrogen) atoms. The third-order valence-electron chi connectivity index (χ3n) is 2.60. The monoisotopic (exact) mass is 205 g/mol. The summed E-state index contributed by atoms with van der Waals surface area (Å²) >= 11 is 0. The molecule has 0 fully saturated rings. The molecule has 1 amide bonds. The second-order valence-electron chi connectivity index (χ2n) is 3.87. The maximum absolute atomic E-state index is 11.7. The van der Waals surface area contributed by atoms with Gasteiger partial charge in [0, 0.05) is 6.54 Å². The van der Waals surface area contributed by atoms with Crippen molar-refractivity contribution in [2.45, 2.75) is 33.1 Å². The number of carbonyl (C=O) groups excluding carboxylic acids is 1. The van der Waals surface area contributed by atoms with Crippen LogP contribution in [0, 0.1) is 6.92 Å². The van der Waals surface area contributed by atoms with Gasteiger partial charge in [-0.25, -0.2) is 0 Å². The van der Waals surface area contributed by atoms with Gasteiger partial charge in [-0.1, -0.05) is 31.2 Å². The molecule has 0 spiro atoms. The molecule has 0 saturated carbocycles. The molecule has 0 aliphatic heterocycles. The SMILES string of the molecule is CCCNC(=O)C(C)c1ccccc1C. The molecular weight excluding hydrogens is 186 g/mol. The summed E-state index contributed by atoms with van der Waals surface area (Å²) in [6, 6.07) is 8.03. The van der Waals surface area contributed by atoms with E-state index in [-0.39, 0.29) is 11.8 Å². The summed E-state index contributed by atoms with van der Waals surface area (Å²) in [7, 11) is 0. The minimum atomic E-state index is -0.0576. The van der Waals surface area contributed by atoms with Crippen LogP contribution in [-0.2, 0) is 4.79 Å². The van der Waals surface area contributed by atoms with Crippen LogP contribution < -0.4 is 5.32 Å². The van der Waals surface area contributed by atoms with Crippen molar-refractivity contribution in [3.8, 4) is 0 Å². The first-order valence-electron chi connectivity index (χ1n) is 5.50. The molecule has 0 saturated heterocycles. The van der Waals surface area contributed by atoms with Gasteiger partial charge < -0.3 is 5.32 Å². The summed E-state index contributed by atoms with van der Waals surface area (Å²) in [5.74, 6) is 0.0592. The minimum absolute atomic E-state index is 0.0576. The Morgan fingerprint density at radius 2 is 2.07 bits per heavy atom. The lowest BCUT2D eigenvalue weighted by Crippen LogP contribution is -2.28. The van der Waals surface area contributed by atoms with Gasteiger partial charge >= 0.3 is 0 Å². The molecule has 2 nitrogen and oxygen atoms in total. The Bertz CT molecular complexity index is 333. The first kappa shape index (κ1) is 11.8. The van der Waals surface area contributed by atoms with Crippen LogP contribution in [0.2, 0.25) is 0 Å². The van der Waals surface area contributed by atoms with Gasteiger partial charge in [0.15, 0.2) is 0 Å². The van der Waals surface area contributed by atoms with E-state index >= 15 is 0 Å². The number of benzene rings is 1. The second kappa shape index (κ2) is 5.54. The first-order valence-corrected chi connectivity index (χ1v) is 5.50. The Kier molecular flexibility index (Phi) is 4.35. The molecule has 0 radical (unpaired) electrons. The number of amides is 1. The molecule has 0 aromatic heterocycles. The van der Waals surface area contributed by atoms with E-state index in [1.807, 2.05) is 38.1 Å². The number of rotatable bonds is 4. The van der Waals surface area contributed by atoms with Gasteiger partial charge in [-0.3, -0.25) is 4.79 Å². The highest BCUT2D eigenvalue weighted by molar-refractivity contribution is 5.83. The van der Waals surface area contributed by atoms with Crippen LogP contribution in [0.5, 0.6) is 0 Å². The lowest BCUT2D eigenvalue weighted by Gasteiger charge is -2.14. The van der Waals surface area contributed by atoms with Gasteiger partial charge in [-0.05, 0) is 31.4 Å². The molecule has 0 bridgehead atoms. The van der Waals surface area contributed by atoms with Crippen LogP contribution in [0.3, 0.4) is 0 Å². The molecule has 82 valence electrons. The summed E-state index contributed by atoms with van der Waals surface area (Å²) in [5.41, 5.74) is 2.29. The zero-order valence-corrected chi connectivity index (χ0v) is 9.71. The molecule has 1 rings (SSSR count). The van der Waals surface area contributed by atoms with Crippen LogP contribution in [0.25, 0.3) is 0 Å². The fourth-order valence-corrected chi connectivity index (χ4v) is 1.62. The van der Waals surface area contributed by atoms with E-state index in [0.29, 0.717) is 0 Å². The van der Waals surface area contributed by atoms with E-state index in [0.717, 1.165) is 18.5 Å². The number of hydrogen-bond acceptors (Lipinski definition) is 1. The van der Waals surface area contributed by atoms with Crippen molar-refractivity contribution in [1.29, 1.82) is 0 Å². The highest BCUT2D eigenvalue weighted by Gasteiger charge is 2.15. The van der Waals surface area contributed by atoms with Crippen molar-refractivity contribution >= 4 is 5.91 Å².